The number of nitrogens with one attached hydrogen (secondary N) is 1. The zero-order chi connectivity index (χ0) is 16.1. The molecule has 1 unspecified atom stereocenters. The van der Waals surface area contributed by atoms with Crippen molar-refractivity contribution < 1.29 is 0 Å². The summed E-state index contributed by atoms with van der Waals surface area (Å²) in [5, 5.41) is 16.2. The van der Waals surface area contributed by atoms with E-state index in [0.29, 0.717) is 12.6 Å². The Morgan fingerprint density at radius 1 is 1.26 bits per heavy atom. The molecule has 1 heterocycles. The van der Waals surface area contributed by atoms with Crippen LogP contribution in [0.5, 0.6) is 0 Å². The summed E-state index contributed by atoms with van der Waals surface area (Å²) in [7, 11) is 0. The van der Waals surface area contributed by atoms with Gasteiger partial charge in [-0.05, 0) is 41.3 Å². The second-order valence-corrected chi connectivity index (χ2v) is 6.31. The predicted octanol–water partition coefficient (Wildman–Crippen LogP) is 2.12. The van der Waals surface area contributed by atoms with E-state index in [1.54, 1.807) is 0 Å². The average Bonchev–Trinajstić information content (AvgIpc) is 3.07. The molecule has 1 atom stereocenters. The average molecular weight is 314 g/mol. The van der Waals surface area contributed by atoms with Crippen LogP contribution >= 0.6 is 0 Å². The summed E-state index contributed by atoms with van der Waals surface area (Å²) in [6.45, 7) is 3.45. The number of tetrazole rings is 1. The van der Waals surface area contributed by atoms with Crippen LogP contribution in [0.2, 0.25) is 0 Å². The van der Waals surface area contributed by atoms with Crippen molar-refractivity contribution >= 4 is 0 Å². The van der Waals surface area contributed by atoms with E-state index in [4.69, 9.17) is 5.73 Å². The van der Waals surface area contributed by atoms with Crippen molar-refractivity contribution in [3.63, 3.8) is 0 Å². The van der Waals surface area contributed by atoms with E-state index in [-0.39, 0.29) is 6.04 Å². The monoisotopic (exact) mass is 314 g/mol. The van der Waals surface area contributed by atoms with Gasteiger partial charge in [-0.25, -0.2) is 4.68 Å². The van der Waals surface area contributed by atoms with E-state index < -0.39 is 0 Å². The molecule has 0 radical (unpaired) electrons. The summed E-state index contributed by atoms with van der Waals surface area (Å²) in [5.74, 6) is 0.902. The largest absolute Gasteiger partial charge is 0.329 e. The summed E-state index contributed by atoms with van der Waals surface area (Å²) >= 11 is 0. The van der Waals surface area contributed by atoms with Gasteiger partial charge in [0.25, 0.3) is 0 Å². The topological polar surface area (TPSA) is 81.7 Å². The predicted molar refractivity (Wildman–Crippen MR) is 90.0 cm³/mol. The van der Waals surface area contributed by atoms with E-state index in [1.165, 1.54) is 30.4 Å². The number of aryl methyl sites for hydroxylation is 1. The standard InChI is InChI=1S/C17H26N6/c1-13-7-5-6-10-15(13)16(19-12-11-18)17-20-21-22-23(17)14-8-3-2-4-9-14/h5-7,10,14,16,19H,2-4,8-9,11-12,18H2,1H3. The Labute approximate surface area is 137 Å². The van der Waals surface area contributed by atoms with Crippen molar-refractivity contribution in [2.75, 3.05) is 13.1 Å². The van der Waals surface area contributed by atoms with Gasteiger partial charge in [0, 0.05) is 13.1 Å². The number of rotatable bonds is 6. The maximum absolute atomic E-state index is 5.71. The number of nitrogens with zero attached hydrogens (tertiary/aromatic N) is 4. The van der Waals surface area contributed by atoms with Crippen molar-refractivity contribution in [3.8, 4) is 0 Å². The molecule has 1 aliphatic carbocycles. The molecule has 1 saturated carbocycles. The van der Waals surface area contributed by atoms with Gasteiger partial charge in [-0.15, -0.1) is 5.10 Å². The highest BCUT2D eigenvalue weighted by Gasteiger charge is 2.26. The Balaban J connectivity index is 1.94. The second-order valence-electron chi connectivity index (χ2n) is 6.31. The lowest BCUT2D eigenvalue weighted by molar-refractivity contribution is 0.311. The van der Waals surface area contributed by atoms with Gasteiger partial charge in [0.15, 0.2) is 5.82 Å². The first-order valence-electron chi connectivity index (χ1n) is 8.58. The van der Waals surface area contributed by atoms with E-state index >= 15 is 0 Å². The van der Waals surface area contributed by atoms with Gasteiger partial charge < -0.3 is 11.1 Å². The van der Waals surface area contributed by atoms with Crippen molar-refractivity contribution in [2.45, 2.75) is 51.1 Å². The molecule has 1 aliphatic rings. The van der Waals surface area contributed by atoms with Gasteiger partial charge in [-0.1, -0.05) is 43.5 Å². The summed E-state index contributed by atoms with van der Waals surface area (Å²) in [6.07, 6.45) is 6.16. The van der Waals surface area contributed by atoms with Gasteiger partial charge in [0.1, 0.15) is 0 Å². The lowest BCUT2D eigenvalue weighted by atomic mass is 9.94. The van der Waals surface area contributed by atoms with Gasteiger partial charge in [0.05, 0.1) is 12.1 Å². The fourth-order valence-electron chi connectivity index (χ4n) is 3.45. The number of aromatic nitrogens is 4. The molecule has 1 fully saturated rings. The van der Waals surface area contributed by atoms with Gasteiger partial charge in [-0.3, -0.25) is 0 Å². The molecular weight excluding hydrogens is 288 g/mol. The third kappa shape index (κ3) is 3.59. The van der Waals surface area contributed by atoms with Crippen LogP contribution in [0, 0.1) is 6.92 Å². The van der Waals surface area contributed by atoms with Crippen LogP contribution in [-0.4, -0.2) is 33.3 Å². The second kappa shape index (κ2) is 7.66. The molecular formula is C17H26N6. The Hall–Kier alpha value is -1.79. The van der Waals surface area contributed by atoms with Crippen LogP contribution in [0.1, 0.15) is 61.1 Å². The minimum absolute atomic E-state index is 0.0170. The zero-order valence-corrected chi connectivity index (χ0v) is 13.8. The third-order valence-electron chi connectivity index (χ3n) is 4.69. The molecule has 6 heteroatoms. The van der Waals surface area contributed by atoms with Crippen molar-refractivity contribution in [2.24, 2.45) is 5.73 Å². The molecule has 124 valence electrons. The Morgan fingerprint density at radius 2 is 2.04 bits per heavy atom. The zero-order valence-electron chi connectivity index (χ0n) is 13.8. The van der Waals surface area contributed by atoms with E-state index in [2.05, 4.69) is 52.0 Å². The highest BCUT2D eigenvalue weighted by atomic mass is 15.6. The van der Waals surface area contributed by atoms with Crippen LogP contribution < -0.4 is 11.1 Å². The molecule has 1 aromatic carbocycles. The van der Waals surface area contributed by atoms with Gasteiger partial charge >= 0.3 is 0 Å². The van der Waals surface area contributed by atoms with E-state index in [1.807, 2.05) is 4.68 Å². The highest BCUT2D eigenvalue weighted by molar-refractivity contribution is 5.32. The Kier molecular flexibility index (Phi) is 5.35. The molecule has 0 amide bonds. The molecule has 0 bridgehead atoms. The maximum Gasteiger partial charge on any atom is 0.173 e. The summed E-state index contributed by atoms with van der Waals surface area (Å²) < 4.78 is 2.04. The summed E-state index contributed by atoms with van der Waals surface area (Å²) in [5.41, 5.74) is 8.16. The Morgan fingerprint density at radius 3 is 2.78 bits per heavy atom. The van der Waals surface area contributed by atoms with E-state index in [9.17, 15) is 0 Å². The molecule has 6 nitrogen and oxygen atoms in total. The third-order valence-corrected chi connectivity index (χ3v) is 4.69. The molecule has 1 aromatic heterocycles. The van der Waals surface area contributed by atoms with Gasteiger partial charge in [0.2, 0.25) is 0 Å². The van der Waals surface area contributed by atoms with E-state index in [0.717, 1.165) is 25.2 Å². The minimum atomic E-state index is -0.0170. The molecule has 3 rings (SSSR count). The van der Waals surface area contributed by atoms with Crippen LogP contribution in [-0.2, 0) is 0 Å². The van der Waals surface area contributed by atoms with Crippen LogP contribution in [0.25, 0.3) is 0 Å². The molecule has 23 heavy (non-hydrogen) atoms. The minimum Gasteiger partial charge on any atom is -0.329 e. The fraction of sp³-hybridized carbons (Fsp3) is 0.588. The molecule has 2 aromatic rings. The Bertz CT molecular complexity index is 617. The number of hydrogen-bond acceptors (Lipinski definition) is 5. The highest BCUT2D eigenvalue weighted by Crippen LogP contribution is 2.31. The quantitative estimate of drug-likeness (QED) is 0.853. The van der Waals surface area contributed by atoms with Crippen LogP contribution in [0.4, 0.5) is 0 Å². The van der Waals surface area contributed by atoms with Crippen LogP contribution in [0.3, 0.4) is 0 Å². The van der Waals surface area contributed by atoms with Crippen molar-refractivity contribution in [3.05, 3.63) is 41.2 Å². The summed E-state index contributed by atoms with van der Waals surface area (Å²) in [4.78, 5) is 0. The van der Waals surface area contributed by atoms with Crippen molar-refractivity contribution in [1.29, 1.82) is 0 Å². The van der Waals surface area contributed by atoms with Crippen LogP contribution in [0.15, 0.2) is 24.3 Å². The van der Waals surface area contributed by atoms with Gasteiger partial charge in [-0.2, -0.15) is 0 Å². The molecule has 0 saturated heterocycles. The number of hydrogen-bond donors (Lipinski definition) is 2. The molecule has 3 N–H and O–H groups in total. The summed E-state index contributed by atoms with van der Waals surface area (Å²) in [6, 6.07) is 8.79. The maximum atomic E-state index is 5.71. The fourth-order valence-corrected chi connectivity index (χ4v) is 3.45. The number of benzene rings is 1. The first-order chi connectivity index (χ1) is 11.3. The van der Waals surface area contributed by atoms with Crippen molar-refractivity contribution in [1.82, 2.24) is 25.5 Å². The SMILES string of the molecule is Cc1ccccc1C(NCCN)c1nnnn1C1CCCCC1. The smallest absolute Gasteiger partial charge is 0.173 e. The first-order valence-corrected chi connectivity index (χ1v) is 8.58. The lowest BCUT2D eigenvalue weighted by Crippen LogP contribution is -2.31. The molecule has 0 aliphatic heterocycles. The number of nitrogens with two attached hydrogens (primary N) is 1. The first kappa shape index (κ1) is 16.1. The normalized spacial score (nSPS) is 17.3. The molecule has 0 spiro atoms. The lowest BCUT2D eigenvalue weighted by Gasteiger charge is -2.26.